The lowest BCUT2D eigenvalue weighted by molar-refractivity contribution is -0.359. The van der Waals surface area contributed by atoms with Crippen LogP contribution >= 0.6 is 0 Å². The van der Waals surface area contributed by atoms with Crippen LogP contribution in [0.4, 0.5) is 0 Å². The maximum atomic E-state index is 13.2. The fourth-order valence-corrected chi connectivity index (χ4v) is 10.1. The smallest absolute Gasteiger partial charge is 0.220 e. The van der Waals surface area contributed by atoms with Crippen molar-refractivity contribution in [1.29, 1.82) is 0 Å². The van der Waals surface area contributed by atoms with Gasteiger partial charge in [0.05, 0.1) is 32.0 Å². The van der Waals surface area contributed by atoms with Crippen LogP contribution in [0.5, 0.6) is 0 Å². The maximum Gasteiger partial charge on any atom is 0.220 e. The first-order chi connectivity index (χ1) is 36.6. The van der Waals surface area contributed by atoms with Gasteiger partial charge in [-0.1, -0.05) is 243 Å². The first-order valence-corrected chi connectivity index (χ1v) is 30.7. The van der Waals surface area contributed by atoms with E-state index < -0.39 is 86.8 Å². The molecule has 2 aliphatic heterocycles. The Morgan fingerprint density at radius 3 is 1.28 bits per heavy atom. The van der Waals surface area contributed by atoms with Crippen molar-refractivity contribution in [1.82, 2.24) is 5.32 Å². The normalized spacial score (nSPS) is 25.3. The number of rotatable bonds is 49. The molecule has 9 N–H and O–H groups in total. The predicted octanol–water partition coefficient (Wildman–Crippen LogP) is 10.6. The number of unbranched alkanes of at least 4 members (excludes halogenated alkanes) is 32. The summed E-state index contributed by atoms with van der Waals surface area (Å²) in [6.45, 7) is 2.71. The van der Waals surface area contributed by atoms with Crippen molar-refractivity contribution in [3.8, 4) is 0 Å². The van der Waals surface area contributed by atoms with Crippen LogP contribution in [-0.2, 0) is 23.7 Å². The predicted molar refractivity (Wildman–Crippen MR) is 300 cm³/mol. The number of aliphatic hydroxyl groups is 8. The average Bonchev–Trinajstić information content (AvgIpc) is 3.41. The van der Waals surface area contributed by atoms with Crippen LogP contribution in [0.2, 0.25) is 0 Å². The van der Waals surface area contributed by atoms with Crippen LogP contribution in [-0.4, -0.2) is 140 Å². The number of hydrogen-bond donors (Lipinski definition) is 9. The molecule has 75 heavy (non-hydrogen) atoms. The monoisotopic (exact) mass is 1070 g/mol. The minimum Gasteiger partial charge on any atom is -0.394 e. The third kappa shape index (κ3) is 32.8. The van der Waals surface area contributed by atoms with E-state index >= 15 is 0 Å². The summed E-state index contributed by atoms with van der Waals surface area (Å²) in [5.41, 5.74) is 0. The second-order valence-electron chi connectivity index (χ2n) is 21.8. The number of carbonyl (C=O) groups is 1. The maximum absolute atomic E-state index is 13.2. The molecule has 2 rings (SSSR count). The fourth-order valence-electron chi connectivity index (χ4n) is 10.1. The molecule has 0 aromatic heterocycles. The highest BCUT2D eigenvalue weighted by atomic mass is 16.7. The van der Waals surface area contributed by atoms with Gasteiger partial charge in [0.2, 0.25) is 5.91 Å². The van der Waals surface area contributed by atoms with Gasteiger partial charge in [0.25, 0.3) is 0 Å². The van der Waals surface area contributed by atoms with Crippen molar-refractivity contribution < 1.29 is 64.6 Å². The van der Waals surface area contributed by atoms with E-state index in [0.29, 0.717) is 12.8 Å². The lowest BCUT2D eigenvalue weighted by Gasteiger charge is -2.46. The Morgan fingerprint density at radius 1 is 0.467 bits per heavy atom. The highest BCUT2D eigenvalue weighted by Gasteiger charge is 2.51. The number of carbonyl (C=O) groups excluding carboxylic acids is 1. The zero-order valence-electron chi connectivity index (χ0n) is 47.3. The molecule has 14 nitrogen and oxygen atoms in total. The molecule has 0 aromatic carbocycles. The molecule has 0 spiro atoms. The zero-order chi connectivity index (χ0) is 54.6. The Labute approximate surface area is 455 Å². The highest BCUT2D eigenvalue weighted by Crippen LogP contribution is 2.30. The van der Waals surface area contributed by atoms with Crippen molar-refractivity contribution in [3.63, 3.8) is 0 Å². The van der Waals surface area contributed by atoms with Gasteiger partial charge in [-0.05, 0) is 38.5 Å². The second kappa shape index (κ2) is 47.1. The lowest BCUT2D eigenvalue weighted by Crippen LogP contribution is -2.65. The lowest BCUT2D eigenvalue weighted by atomic mass is 9.97. The van der Waals surface area contributed by atoms with Crippen LogP contribution < -0.4 is 5.32 Å². The number of aliphatic hydroxyl groups excluding tert-OH is 8. The van der Waals surface area contributed by atoms with Crippen LogP contribution in [0.3, 0.4) is 0 Å². The Kier molecular flexibility index (Phi) is 43.5. The van der Waals surface area contributed by atoms with Gasteiger partial charge in [0.15, 0.2) is 12.6 Å². The van der Waals surface area contributed by atoms with Gasteiger partial charge in [-0.2, -0.15) is 0 Å². The summed E-state index contributed by atoms with van der Waals surface area (Å²) >= 11 is 0. The molecule has 0 radical (unpaired) electrons. The first kappa shape index (κ1) is 69.3. The molecule has 12 atom stereocenters. The minimum atomic E-state index is -1.79. The Balaban J connectivity index is 1.64. The molecule has 0 aliphatic carbocycles. The molecule has 2 fully saturated rings. The van der Waals surface area contributed by atoms with Crippen molar-refractivity contribution in [2.24, 2.45) is 0 Å². The van der Waals surface area contributed by atoms with Crippen molar-refractivity contribution in [3.05, 3.63) is 36.5 Å². The molecule has 0 bridgehead atoms. The number of nitrogens with one attached hydrogen (secondary N) is 1. The van der Waals surface area contributed by atoms with Crippen molar-refractivity contribution in [2.75, 3.05) is 19.8 Å². The van der Waals surface area contributed by atoms with Gasteiger partial charge in [-0.15, -0.1) is 0 Å². The third-order valence-electron chi connectivity index (χ3n) is 15.0. The zero-order valence-corrected chi connectivity index (χ0v) is 47.3. The molecule has 14 heteroatoms. The summed E-state index contributed by atoms with van der Waals surface area (Å²) in [7, 11) is 0. The first-order valence-electron chi connectivity index (χ1n) is 30.7. The van der Waals surface area contributed by atoms with Crippen LogP contribution in [0, 0.1) is 0 Å². The van der Waals surface area contributed by atoms with Gasteiger partial charge in [-0.25, -0.2) is 0 Å². The quantitative estimate of drug-likeness (QED) is 0.0204. The molecule has 0 aromatic rings. The number of hydrogen-bond acceptors (Lipinski definition) is 13. The minimum absolute atomic E-state index is 0.251. The molecule has 12 unspecified atom stereocenters. The molecule has 2 heterocycles. The van der Waals surface area contributed by atoms with Crippen LogP contribution in [0.1, 0.15) is 251 Å². The Bertz CT molecular complexity index is 1400. The van der Waals surface area contributed by atoms with E-state index in [1.807, 2.05) is 6.08 Å². The van der Waals surface area contributed by atoms with E-state index in [4.69, 9.17) is 18.9 Å². The summed E-state index contributed by atoms with van der Waals surface area (Å²) in [4.78, 5) is 13.2. The summed E-state index contributed by atoms with van der Waals surface area (Å²) in [5.74, 6) is -0.251. The number of ether oxygens (including phenoxy) is 4. The topological polar surface area (TPSA) is 228 Å². The van der Waals surface area contributed by atoms with Gasteiger partial charge in [0.1, 0.15) is 48.8 Å². The van der Waals surface area contributed by atoms with Gasteiger partial charge in [-0.3, -0.25) is 4.79 Å². The summed E-state index contributed by atoms with van der Waals surface area (Å²) < 4.78 is 22.7. The molecular formula is C61H113NO13. The van der Waals surface area contributed by atoms with E-state index in [0.717, 1.165) is 51.4 Å². The molecule has 440 valence electrons. The largest absolute Gasteiger partial charge is 0.394 e. The number of allylic oxidation sites excluding steroid dienone is 5. The Hall–Kier alpha value is -1.79. The van der Waals surface area contributed by atoms with E-state index in [9.17, 15) is 45.6 Å². The molecular weight excluding hydrogens is 955 g/mol. The summed E-state index contributed by atoms with van der Waals surface area (Å²) in [6.07, 6.45) is 40.9. The molecule has 0 saturated carbocycles. The van der Waals surface area contributed by atoms with Gasteiger partial charge >= 0.3 is 0 Å². The molecule has 2 saturated heterocycles. The van der Waals surface area contributed by atoms with Crippen LogP contribution in [0.15, 0.2) is 36.5 Å². The van der Waals surface area contributed by atoms with E-state index in [-0.39, 0.29) is 18.9 Å². The van der Waals surface area contributed by atoms with E-state index in [1.165, 1.54) is 167 Å². The fraction of sp³-hybridized carbons (Fsp3) is 0.885. The molecule has 2 aliphatic rings. The Morgan fingerprint density at radius 2 is 0.853 bits per heavy atom. The van der Waals surface area contributed by atoms with Crippen molar-refractivity contribution >= 4 is 5.91 Å². The van der Waals surface area contributed by atoms with Crippen LogP contribution in [0.25, 0.3) is 0 Å². The summed E-state index contributed by atoms with van der Waals surface area (Å²) in [6, 6.07) is -0.934. The van der Waals surface area contributed by atoms with E-state index in [2.05, 4.69) is 43.5 Å². The van der Waals surface area contributed by atoms with Crippen molar-refractivity contribution in [2.45, 2.75) is 325 Å². The number of amides is 1. The summed E-state index contributed by atoms with van der Waals surface area (Å²) in [5, 5.41) is 86.8. The van der Waals surface area contributed by atoms with Gasteiger partial charge < -0.3 is 65.1 Å². The standard InChI is InChI=1S/C61H113NO13/c1-3-5-7-9-11-13-15-16-17-18-19-20-21-22-23-24-25-26-27-28-29-30-31-32-33-35-37-39-41-43-45-53(66)62-49(50(65)44-42-40-38-36-34-14-12-10-8-6-4-2)48-72-60-58(71)56(69)59(52(47-64)74-60)75-61-57(70)55(68)54(67)51(46-63)73-61/h8,10,34,36,42,44,49-52,54-61,63-65,67-71H,3-7,9,11-33,35,37-41,43,45-48H2,1-2H3,(H,62,66)/b10-8+,36-34+,44-42+. The SMILES string of the molecule is CCC/C=C/CC/C=C/CC/C=C/C(O)C(COC1OC(CO)C(OC2OC(CO)C(O)C(O)C2O)C(O)C1O)NC(=O)CCCCCCCCCCCCCCCCCCCCCCCCCCCCCCCC. The van der Waals surface area contributed by atoms with E-state index in [1.54, 1.807) is 6.08 Å². The molecule has 1 amide bonds. The highest BCUT2D eigenvalue weighted by molar-refractivity contribution is 5.76. The second-order valence-corrected chi connectivity index (χ2v) is 21.8. The third-order valence-corrected chi connectivity index (χ3v) is 15.0. The van der Waals surface area contributed by atoms with Gasteiger partial charge in [0, 0.05) is 6.42 Å². The average molecular weight is 1070 g/mol.